The highest BCUT2D eigenvalue weighted by Gasteiger charge is 2.36. The smallest absolute Gasteiger partial charge is 0.248 e. The van der Waals surface area contributed by atoms with Gasteiger partial charge in [0.2, 0.25) is 15.0 Å². The number of hydrogen-bond acceptors (Lipinski definition) is 5. The SMILES string of the molecule is O=S(=O)(c1ncccn1)C(c1cc(F)ccc1F)c1ccncc1Cl. The minimum absolute atomic E-state index is 0.00401. The number of sulfone groups is 1. The highest BCUT2D eigenvalue weighted by atomic mass is 35.5. The molecule has 2 aromatic heterocycles. The first kappa shape index (κ1) is 17.4. The zero-order valence-electron chi connectivity index (χ0n) is 12.5. The molecule has 3 aromatic rings. The first-order valence-corrected chi connectivity index (χ1v) is 8.89. The molecule has 0 aliphatic carbocycles. The van der Waals surface area contributed by atoms with E-state index >= 15 is 0 Å². The van der Waals surface area contributed by atoms with Gasteiger partial charge in [0.15, 0.2) is 0 Å². The predicted molar refractivity (Wildman–Crippen MR) is 86.7 cm³/mol. The number of nitrogens with zero attached hydrogens (tertiary/aromatic N) is 3. The summed E-state index contributed by atoms with van der Waals surface area (Å²) in [6.07, 6.45) is 5.02. The predicted octanol–water partition coefficient (Wildman–Crippen LogP) is 3.37. The second-order valence-electron chi connectivity index (χ2n) is 5.02. The van der Waals surface area contributed by atoms with E-state index in [2.05, 4.69) is 15.0 Å². The molecular formula is C16H10ClF2N3O2S. The standard InChI is InChI=1S/C16H10ClF2N3O2S/c17-13-9-20-7-4-11(13)15(12-8-10(18)2-3-14(12)19)25(23,24)16-21-5-1-6-22-16/h1-9,15H. The Morgan fingerprint density at radius 1 is 1.00 bits per heavy atom. The first-order valence-electron chi connectivity index (χ1n) is 6.96. The molecule has 0 aliphatic heterocycles. The van der Waals surface area contributed by atoms with Crippen LogP contribution in [0.5, 0.6) is 0 Å². The van der Waals surface area contributed by atoms with Crippen molar-refractivity contribution in [2.45, 2.75) is 10.4 Å². The summed E-state index contributed by atoms with van der Waals surface area (Å²) in [5.41, 5.74) is -0.339. The van der Waals surface area contributed by atoms with Crippen LogP contribution in [0.1, 0.15) is 16.4 Å². The largest absolute Gasteiger partial charge is 0.263 e. The summed E-state index contributed by atoms with van der Waals surface area (Å²) in [4.78, 5) is 11.3. The van der Waals surface area contributed by atoms with E-state index in [0.29, 0.717) is 0 Å². The lowest BCUT2D eigenvalue weighted by molar-refractivity contribution is 0.564. The van der Waals surface area contributed by atoms with Gasteiger partial charge in [0, 0.05) is 30.4 Å². The van der Waals surface area contributed by atoms with Crippen LogP contribution in [0.4, 0.5) is 8.78 Å². The molecule has 25 heavy (non-hydrogen) atoms. The fourth-order valence-corrected chi connectivity index (χ4v) is 4.33. The fourth-order valence-electron chi connectivity index (χ4n) is 2.35. The van der Waals surface area contributed by atoms with E-state index in [1.807, 2.05) is 0 Å². The molecule has 0 amide bonds. The molecule has 0 radical (unpaired) electrons. The Bertz CT molecular complexity index is 1020. The Labute approximate surface area is 147 Å². The van der Waals surface area contributed by atoms with Crippen LogP contribution in [-0.4, -0.2) is 23.4 Å². The van der Waals surface area contributed by atoms with Gasteiger partial charge in [-0.05, 0) is 35.9 Å². The summed E-state index contributed by atoms with van der Waals surface area (Å²) in [7, 11) is -4.31. The van der Waals surface area contributed by atoms with Gasteiger partial charge < -0.3 is 0 Å². The first-order chi connectivity index (χ1) is 11.9. The summed E-state index contributed by atoms with van der Waals surface area (Å²) < 4.78 is 54.1. The topological polar surface area (TPSA) is 72.8 Å². The number of rotatable bonds is 4. The van der Waals surface area contributed by atoms with Crippen molar-refractivity contribution in [3.05, 3.63) is 82.9 Å². The van der Waals surface area contributed by atoms with Crippen molar-refractivity contribution in [3.63, 3.8) is 0 Å². The normalized spacial score (nSPS) is 12.8. The van der Waals surface area contributed by atoms with Crippen LogP contribution in [0.2, 0.25) is 5.02 Å². The van der Waals surface area contributed by atoms with Gasteiger partial charge in [-0.2, -0.15) is 0 Å². The van der Waals surface area contributed by atoms with Crippen LogP contribution >= 0.6 is 11.6 Å². The molecule has 3 rings (SSSR count). The number of pyridine rings is 1. The van der Waals surface area contributed by atoms with Gasteiger partial charge in [-0.25, -0.2) is 27.2 Å². The third-order valence-electron chi connectivity index (χ3n) is 3.43. The monoisotopic (exact) mass is 381 g/mol. The fraction of sp³-hybridized carbons (Fsp3) is 0.0625. The summed E-state index contributed by atoms with van der Waals surface area (Å²) in [5.74, 6) is -1.67. The number of halogens is 3. The Balaban J connectivity index is 2.31. The summed E-state index contributed by atoms with van der Waals surface area (Å²) in [6, 6.07) is 5.34. The van der Waals surface area contributed by atoms with E-state index in [4.69, 9.17) is 11.6 Å². The highest BCUT2D eigenvalue weighted by Crippen LogP contribution is 2.38. The maximum absolute atomic E-state index is 14.4. The summed E-state index contributed by atoms with van der Waals surface area (Å²) in [6.45, 7) is 0. The van der Waals surface area contributed by atoms with Gasteiger partial charge in [0.25, 0.3) is 0 Å². The second kappa shape index (κ2) is 6.81. The Morgan fingerprint density at radius 3 is 2.40 bits per heavy atom. The Kier molecular flexibility index (Phi) is 4.73. The molecule has 128 valence electrons. The van der Waals surface area contributed by atoms with Gasteiger partial charge in [0.05, 0.1) is 5.02 Å². The number of aromatic nitrogens is 3. The van der Waals surface area contributed by atoms with Crippen molar-refractivity contribution in [2.24, 2.45) is 0 Å². The van der Waals surface area contributed by atoms with Crippen LogP contribution in [0.3, 0.4) is 0 Å². The lowest BCUT2D eigenvalue weighted by atomic mass is 10.0. The Hall–Kier alpha value is -2.45. The van der Waals surface area contributed by atoms with Gasteiger partial charge >= 0.3 is 0 Å². The van der Waals surface area contributed by atoms with Crippen LogP contribution in [0, 0.1) is 11.6 Å². The van der Waals surface area contributed by atoms with E-state index in [9.17, 15) is 17.2 Å². The molecular weight excluding hydrogens is 372 g/mol. The van der Waals surface area contributed by atoms with Crippen molar-refractivity contribution in [1.82, 2.24) is 15.0 Å². The average molecular weight is 382 g/mol. The van der Waals surface area contributed by atoms with Crippen molar-refractivity contribution in [2.75, 3.05) is 0 Å². The molecule has 0 bridgehead atoms. The third-order valence-corrected chi connectivity index (χ3v) is 5.60. The summed E-state index contributed by atoms with van der Waals surface area (Å²) >= 11 is 6.07. The minimum atomic E-state index is -4.31. The molecule has 9 heteroatoms. The molecule has 0 saturated heterocycles. The molecule has 1 atom stereocenters. The zero-order chi connectivity index (χ0) is 18.0. The van der Waals surface area contributed by atoms with Crippen molar-refractivity contribution < 1.29 is 17.2 Å². The minimum Gasteiger partial charge on any atom is -0.263 e. The van der Waals surface area contributed by atoms with Gasteiger partial charge in [-0.1, -0.05) is 11.6 Å². The number of hydrogen-bond donors (Lipinski definition) is 0. The van der Waals surface area contributed by atoms with Crippen LogP contribution in [0.25, 0.3) is 0 Å². The molecule has 0 aliphatic rings. The highest BCUT2D eigenvalue weighted by molar-refractivity contribution is 7.91. The van der Waals surface area contributed by atoms with E-state index in [1.165, 1.54) is 36.9 Å². The molecule has 5 nitrogen and oxygen atoms in total. The van der Waals surface area contributed by atoms with Crippen molar-refractivity contribution in [1.29, 1.82) is 0 Å². The van der Waals surface area contributed by atoms with Gasteiger partial charge in [0.1, 0.15) is 16.9 Å². The molecule has 1 unspecified atom stereocenters. The zero-order valence-corrected chi connectivity index (χ0v) is 14.0. The molecule has 0 spiro atoms. The van der Waals surface area contributed by atoms with Gasteiger partial charge in [-0.15, -0.1) is 0 Å². The van der Waals surface area contributed by atoms with E-state index in [-0.39, 0.29) is 16.1 Å². The van der Waals surface area contributed by atoms with E-state index < -0.39 is 31.9 Å². The lowest BCUT2D eigenvalue weighted by Gasteiger charge is -2.19. The molecule has 2 heterocycles. The van der Waals surface area contributed by atoms with Crippen LogP contribution < -0.4 is 0 Å². The summed E-state index contributed by atoms with van der Waals surface area (Å²) in [5, 5.41) is -2.15. The maximum atomic E-state index is 14.4. The van der Waals surface area contributed by atoms with Crippen molar-refractivity contribution in [3.8, 4) is 0 Å². The molecule has 0 N–H and O–H groups in total. The molecule has 1 aromatic carbocycles. The van der Waals surface area contributed by atoms with E-state index in [0.717, 1.165) is 18.2 Å². The molecule has 0 saturated carbocycles. The van der Waals surface area contributed by atoms with Crippen molar-refractivity contribution >= 4 is 21.4 Å². The molecule has 0 fully saturated rings. The second-order valence-corrected chi connectivity index (χ2v) is 7.35. The quantitative estimate of drug-likeness (QED) is 0.648. The van der Waals surface area contributed by atoms with Crippen LogP contribution in [-0.2, 0) is 9.84 Å². The van der Waals surface area contributed by atoms with E-state index in [1.54, 1.807) is 0 Å². The average Bonchev–Trinajstić information content (AvgIpc) is 2.60. The van der Waals surface area contributed by atoms with Gasteiger partial charge in [-0.3, -0.25) is 4.98 Å². The third kappa shape index (κ3) is 3.35. The number of benzene rings is 1. The lowest BCUT2D eigenvalue weighted by Crippen LogP contribution is -2.19. The van der Waals surface area contributed by atoms with Crippen LogP contribution in [0.15, 0.2) is 60.3 Å². The Morgan fingerprint density at radius 2 is 1.72 bits per heavy atom. The maximum Gasteiger partial charge on any atom is 0.248 e.